The highest BCUT2D eigenvalue weighted by molar-refractivity contribution is 5.50. The van der Waals surface area contributed by atoms with Crippen molar-refractivity contribution < 1.29 is 5.11 Å². The molecule has 0 aliphatic heterocycles. The number of aliphatic hydroxyl groups is 1. The van der Waals surface area contributed by atoms with Gasteiger partial charge in [-0.1, -0.05) is 29.8 Å². The first kappa shape index (κ1) is 14.3. The van der Waals surface area contributed by atoms with Gasteiger partial charge in [-0.05, 0) is 39.2 Å². The van der Waals surface area contributed by atoms with Crippen molar-refractivity contribution in [3.05, 3.63) is 59.3 Å². The molecule has 1 aliphatic carbocycles. The zero-order chi connectivity index (χ0) is 16.2. The summed E-state index contributed by atoms with van der Waals surface area (Å²) >= 11 is 0. The predicted octanol–water partition coefficient (Wildman–Crippen LogP) is 2.74. The third kappa shape index (κ3) is 2.15. The summed E-state index contributed by atoms with van der Waals surface area (Å²) in [7, 11) is 0. The Morgan fingerprint density at radius 3 is 2.43 bits per heavy atom. The standard InChI is InChI=1S/C18H20N4O/c1-12-4-6-13(7-5-12)18(8-9-18)16-21-20-15-14(17(2,3)23)19-10-11-22(15)16/h4-7,10-11,23H,8-9H2,1-3H3. The molecule has 1 aromatic carbocycles. The second-order valence-electron chi connectivity index (χ2n) is 7.00. The molecule has 2 heterocycles. The van der Waals surface area contributed by atoms with Gasteiger partial charge in [0.25, 0.3) is 0 Å². The van der Waals surface area contributed by atoms with Crippen molar-refractivity contribution in [2.75, 3.05) is 0 Å². The Hall–Kier alpha value is -2.27. The number of benzene rings is 1. The van der Waals surface area contributed by atoms with Gasteiger partial charge in [-0.25, -0.2) is 0 Å². The van der Waals surface area contributed by atoms with E-state index in [2.05, 4.69) is 46.4 Å². The fourth-order valence-electron chi connectivity index (χ4n) is 3.22. The number of aryl methyl sites for hydroxylation is 1. The van der Waals surface area contributed by atoms with Crippen molar-refractivity contribution in [2.24, 2.45) is 0 Å². The van der Waals surface area contributed by atoms with Gasteiger partial charge in [-0.2, -0.15) is 0 Å². The van der Waals surface area contributed by atoms with E-state index < -0.39 is 5.60 Å². The molecule has 0 saturated heterocycles. The van der Waals surface area contributed by atoms with Crippen LogP contribution in [0.5, 0.6) is 0 Å². The van der Waals surface area contributed by atoms with E-state index in [1.807, 2.05) is 10.6 Å². The first-order chi connectivity index (χ1) is 10.9. The third-order valence-electron chi connectivity index (χ3n) is 4.69. The number of aromatic nitrogens is 4. The summed E-state index contributed by atoms with van der Waals surface area (Å²) in [6, 6.07) is 8.65. The van der Waals surface area contributed by atoms with Gasteiger partial charge in [0.05, 0.1) is 5.41 Å². The van der Waals surface area contributed by atoms with Crippen LogP contribution < -0.4 is 0 Å². The summed E-state index contributed by atoms with van der Waals surface area (Å²) in [5.74, 6) is 0.934. The van der Waals surface area contributed by atoms with Gasteiger partial charge in [0, 0.05) is 12.4 Å². The first-order valence-electron chi connectivity index (χ1n) is 7.92. The summed E-state index contributed by atoms with van der Waals surface area (Å²) in [4.78, 5) is 4.30. The van der Waals surface area contributed by atoms with E-state index >= 15 is 0 Å². The topological polar surface area (TPSA) is 63.3 Å². The molecular weight excluding hydrogens is 288 g/mol. The van der Waals surface area contributed by atoms with E-state index in [4.69, 9.17) is 0 Å². The SMILES string of the molecule is Cc1ccc(C2(c3nnc4c(C(C)(C)O)nccn34)CC2)cc1. The van der Waals surface area contributed by atoms with Crippen LogP contribution in [-0.4, -0.2) is 24.7 Å². The fraction of sp³-hybridized carbons (Fsp3) is 0.389. The van der Waals surface area contributed by atoms with Gasteiger partial charge in [-0.3, -0.25) is 9.38 Å². The smallest absolute Gasteiger partial charge is 0.185 e. The average Bonchev–Trinajstić information content (AvgIpc) is 3.19. The van der Waals surface area contributed by atoms with Crippen LogP contribution in [-0.2, 0) is 11.0 Å². The minimum absolute atomic E-state index is 0.0641. The van der Waals surface area contributed by atoms with Gasteiger partial charge in [-0.15, -0.1) is 10.2 Å². The Labute approximate surface area is 135 Å². The Kier molecular flexibility index (Phi) is 2.87. The lowest BCUT2D eigenvalue weighted by molar-refractivity contribution is 0.0749. The maximum absolute atomic E-state index is 10.3. The molecule has 0 amide bonds. The minimum atomic E-state index is -1.05. The van der Waals surface area contributed by atoms with Crippen LogP contribution in [0, 0.1) is 6.92 Å². The maximum Gasteiger partial charge on any atom is 0.185 e. The van der Waals surface area contributed by atoms with E-state index in [9.17, 15) is 5.11 Å². The fourth-order valence-corrected chi connectivity index (χ4v) is 3.22. The van der Waals surface area contributed by atoms with Crippen molar-refractivity contribution >= 4 is 5.65 Å². The monoisotopic (exact) mass is 308 g/mol. The normalized spacial score (nSPS) is 16.7. The van der Waals surface area contributed by atoms with Gasteiger partial charge >= 0.3 is 0 Å². The molecule has 2 aromatic heterocycles. The van der Waals surface area contributed by atoms with Crippen LogP contribution >= 0.6 is 0 Å². The molecule has 4 rings (SSSR count). The molecule has 3 aromatic rings. The van der Waals surface area contributed by atoms with Crippen molar-refractivity contribution in [3.63, 3.8) is 0 Å². The quantitative estimate of drug-likeness (QED) is 0.808. The van der Waals surface area contributed by atoms with Crippen molar-refractivity contribution in [3.8, 4) is 0 Å². The first-order valence-corrected chi connectivity index (χ1v) is 7.92. The van der Waals surface area contributed by atoms with Crippen molar-refractivity contribution in [1.29, 1.82) is 0 Å². The summed E-state index contributed by atoms with van der Waals surface area (Å²) < 4.78 is 1.98. The van der Waals surface area contributed by atoms with Gasteiger partial charge in [0.2, 0.25) is 0 Å². The molecule has 23 heavy (non-hydrogen) atoms. The lowest BCUT2D eigenvalue weighted by Crippen LogP contribution is -2.20. The molecule has 5 nitrogen and oxygen atoms in total. The number of fused-ring (bicyclic) bond motifs is 1. The second kappa shape index (κ2) is 4.61. The molecule has 1 aliphatic rings. The molecular formula is C18H20N4O. The molecule has 0 bridgehead atoms. The average molecular weight is 308 g/mol. The summed E-state index contributed by atoms with van der Waals surface area (Å²) in [6.45, 7) is 5.53. The number of hydrogen-bond acceptors (Lipinski definition) is 4. The van der Waals surface area contributed by atoms with Crippen LogP contribution in [0.2, 0.25) is 0 Å². The molecule has 0 spiro atoms. The summed E-state index contributed by atoms with van der Waals surface area (Å²) in [5, 5.41) is 19.1. The molecule has 118 valence electrons. The molecule has 1 saturated carbocycles. The Balaban J connectivity index is 1.89. The Morgan fingerprint density at radius 1 is 1.13 bits per heavy atom. The van der Waals surface area contributed by atoms with E-state index in [-0.39, 0.29) is 5.41 Å². The van der Waals surface area contributed by atoms with E-state index in [0.29, 0.717) is 11.3 Å². The van der Waals surface area contributed by atoms with Crippen LogP contribution in [0.25, 0.3) is 5.65 Å². The van der Waals surface area contributed by atoms with E-state index in [0.717, 1.165) is 18.7 Å². The molecule has 0 radical (unpaired) electrons. The van der Waals surface area contributed by atoms with Crippen molar-refractivity contribution in [1.82, 2.24) is 19.6 Å². The van der Waals surface area contributed by atoms with Crippen molar-refractivity contribution in [2.45, 2.75) is 44.6 Å². The van der Waals surface area contributed by atoms with E-state index in [1.165, 1.54) is 11.1 Å². The second-order valence-corrected chi connectivity index (χ2v) is 7.00. The molecule has 5 heteroatoms. The van der Waals surface area contributed by atoms with Crippen LogP contribution in [0.15, 0.2) is 36.7 Å². The zero-order valence-corrected chi connectivity index (χ0v) is 13.6. The zero-order valence-electron chi connectivity index (χ0n) is 13.6. The highest BCUT2D eigenvalue weighted by Gasteiger charge is 2.49. The third-order valence-corrected chi connectivity index (χ3v) is 4.69. The predicted molar refractivity (Wildman–Crippen MR) is 87.2 cm³/mol. The number of nitrogens with zero attached hydrogens (tertiary/aromatic N) is 4. The van der Waals surface area contributed by atoms with Crippen LogP contribution in [0.3, 0.4) is 0 Å². The van der Waals surface area contributed by atoms with Crippen LogP contribution in [0.4, 0.5) is 0 Å². The minimum Gasteiger partial charge on any atom is -0.384 e. The van der Waals surface area contributed by atoms with Gasteiger partial charge < -0.3 is 5.11 Å². The highest BCUT2D eigenvalue weighted by atomic mass is 16.3. The molecule has 0 atom stereocenters. The van der Waals surface area contributed by atoms with E-state index in [1.54, 1.807) is 20.0 Å². The molecule has 0 unspecified atom stereocenters. The van der Waals surface area contributed by atoms with Gasteiger partial charge in [0.1, 0.15) is 17.1 Å². The highest BCUT2D eigenvalue weighted by Crippen LogP contribution is 2.52. The van der Waals surface area contributed by atoms with Gasteiger partial charge in [0.15, 0.2) is 5.65 Å². The largest absolute Gasteiger partial charge is 0.384 e. The maximum atomic E-state index is 10.3. The number of hydrogen-bond donors (Lipinski definition) is 1. The van der Waals surface area contributed by atoms with Crippen LogP contribution in [0.1, 0.15) is 49.3 Å². The Bertz CT molecular complexity index is 870. The molecule has 1 N–H and O–H groups in total. The Morgan fingerprint density at radius 2 is 1.83 bits per heavy atom. The number of rotatable bonds is 3. The lowest BCUT2D eigenvalue weighted by atomic mass is 9.94. The summed E-state index contributed by atoms with van der Waals surface area (Å²) in [6.07, 6.45) is 5.72. The lowest BCUT2D eigenvalue weighted by Gasteiger charge is -2.18. The molecule has 1 fully saturated rings. The summed E-state index contributed by atoms with van der Waals surface area (Å²) in [5.41, 5.74) is 2.61.